The first kappa shape index (κ1) is 10.5. The van der Waals surface area contributed by atoms with Gasteiger partial charge in [-0.15, -0.1) is 0 Å². The molecule has 1 N–H and O–H groups in total. The van der Waals surface area contributed by atoms with Gasteiger partial charge in [-0.2, -0.15) is 0 Å². The summed E-state index contributed by atoms with van der Waals surface area (Å²) in [4.78, 5) is 0. The van der Waals surface area contributed by atoms with E-state index in [-0.39, 0.29) is 0 Å². The van der Waals surface area contributed by atoms with E-state index in [4.69, 9.17) is 0 Å². The maximum Gasteiger partial charge on any atom is -0.00208 e. The molecule has 2 aliphatic rings. The fourth-order valence-corrected chi connectivity index (χ4v) is 3.45. The molecule has 82 valence electrons. The van der Waals surface area contributed by atoms with Gasteiger partial charge in [-0.3, -0.25) is 0 Å². The minimum Gasteiger partial charge on any atom is -0.319 e. The molecular formula is C13H25N. The highest BCUT2D eigenvalue weighted by Crippen LogP contribution is 2.45. The Morgan fingerprint density at radius 1 is 1.14 bits per heavy atom. The second-order valence-corrected chi connectivity index (χ2v) is 5.59. The standard InChI is InChI=1S/C13H25N/c1-10-6-7-12(9-14-2)13(8-10)11-4-3-5-11/h10-14H,3-9H2,1-2H3. The van der Waals surface area contributed by atoms with Gasteiger partial charge < -0.3 is 5.32 Å². The molecule has 2 fully saturated rings. The Balaban J connectivity index is 1.91. The third-order valence-corrected chi connectivity index (χ3v) is 4.53. The van der Waals surface area contributed by atoms with Crippen molar-refractivity contribution < 1.29 is 0 Å². The van der Waals surface area contributed by atoms with Crippen molar-refractivity contribution in [1.29, 1.82) is 0 Å². The average molecular weight is 195 g/mol. The maximum absolute atomic E-state index is 3.39. The molecule has 0 aromatic rings. The van der Waals surface area contributed by atoms with Gasteiger partial charge in [0, 0.05) is 0 Å². The second kappa shape index (κ2) is 4.65. The molecule has 0 spiro atoms. The zero-order valence-corrected chi connectivity index (χ0v) is 9.76. The SMILES string of the molecule is CNCC1CCC(C)CC1C1CCC1. The van der Waals surface area contributed by atoms with E-state index < -0.39 is 0 Å². The first-order chi connectivity index (χ1) is 6.81. The number of hydrogen-bond donors (Lipinski definition) is 1. The first-order valence-electron chi connectivity index (χ1n) is 6.46. The van der Waals surface area contributed by atoms with Crippen LogP contribution in [0.1, 0.15) is 45.4 Å². The van der Waals surface area contributed by atoms with Crippen LogP contribution in [0.2, 0.25) is 0 Å². The summed E-state index contributed by atoms with van der Waals surface area (Å²) in [7, 11) is 2.11. The molecule has 3 atom stereocenters. The van der Waals surface area contributed by atoms with Gasteiger partial charge >= 0.3 is 0 Å². The van der Waals surface area contributed by atoms with Gasteiger partial charge in [0.15, 0.2) is 0 Å². The number of hydrogen-bond acceptors (Lipinski definition) is 1. The van der Waals surface area contributed by atoms with Crippen molar-refractivity contribution >= 4 is 0 Å². The Bertz CT molecular complexity index is 174. The van der Waals surface area contributed by atoms with Crippen molar-refractivity contribution in [1.82, 2.24) is 5.32 Å². The van der Waals surface area contributed by atoms with Crippen molar-refractivity contribution in [3.63, 3.8) is 0 Å². The molecule has 0 aromatic carbocycles. The van der Waals surface area contributed by atoms with E-state index in [9.17, 15) is 0 Å². The van der Waals surface area contributed by atoms with E-state index in [1.165, 1.54) is 45.1 Å². The first-order valence-corrected chi connectivity index (χ1v) is 6.46. The second-order valence-electron chi connectivity index (χ2n) is 5.59. The largest absolute Gasteiger partial charge is 0.319 e. The Labute approximate surface area is 88.7 Å². The molecule has 0 heterocycles. The molecule has 0 bridgehead atoms. The summed E-state index contributed by atoms with van der Waals surface area (Å²) in [5.41, 5.74) is 0. The van der Waals surface area contributed by atoms with E-state index in [1.807, 2.05) is 0 Å². The highest BCUT2D eigenvalue weighted by molar-refractivity contribution is 4.87. The quantitative estimate of drug-likeness (QED) is 0.730. The summed E-state index contributed by atoms with van der Waals surface area (Å²) < 4.78 is 0. The fraction of sp³-hybridized carbons (Fsp3) is 1.00. The van der Waals surface area contributed by atoms with Crippen LogP contribution in [0.4, 0.5) is 0 Å². The van der Waals surface area contributed by atoms with Gasteiger partial charge in [-0.1, -0.05) is 32.6 Å². The summed E-state index contributed by atoms with van der Waals surface area (Å²) in [5, 5.41) is 3.39. The lowest BCUT2D eigenvalue weighted by Gasteiger charge is -2.43. The topological polar surface area (TPSA) is 12.0 Å². The van der Waals surface area contributed by atoms with Crippen LogP contribution in [0, 0.1) is 23.7 Å². The minimum absolute atomic E-state index is 0.987. The molecule has 1 nitrogen and oxygen atoms in total. The molecule has 2 saturated carbocycles. The number of nitrogens with one attached hydrogen (secondary N) is 1. The zero-order chi connectivity index (χ0) is 9.97. The van der Waals surface area contributed by atoms with Gasteiger partial charge in [0.1, 0.15) is 0 Å². The van der Waals surface area contributed by atoms with Gasteiger partial charge in [-0.25, -0.2) is 0 Å². The molecule has 0 aromatic heterocycles. The molecule has 0 saturated heterocycles. The third-order valence-electron chi connectivity index (χ3n) is 4.53. The molecule has 2 rings (SSSR count). The Kier molecular flexibility index (Phi) is 3.48. The van der Waals surface area contributed by atoms with Crippen LogP contribution in [-0.2, 0) is 0 Å². The lowest BCUT2D eigenvalue weighted by Crippen LogP contribution is -2.37. The van der Waals surface area contributed by atoms with Crippen molar-refractivity contribution in [3.8, 4) is 0 Å². The van der Waals surface area contributed by atoms with Gasteiger partial charge in [0.05, 0.1) is 0 Å². The molecule has 0 aliphatic heterocycles. The van der Waals surface area contributed by atoms with E-state index in [0.717, 1.165) is 23.7 Å². The van der Waals surface area contributed by atoms with Crippen molar-refractivity contribution in [2.75, 3.05) is 13.6 Å². The summed E-state index contributed by atoms with van der Waals surface area (Å²) in [6.07, 6.45) is 9.01. The molecule has 3 unspecified atom stereocenters. The summed E-state index contributed by atoms with van der Waals surface area (Å²) in [6, 6.07) is 0. The Morgan fingerprint density at radius 3 is 2.50 bits per heavy atom. The molecule has 2 aliphatic carbocycles. The molecule has 0 radical (unpaired) electrons. The van der Waals surface area contributed by atoms with Gasteiger partial charge in [0.25, 0.3) is 0 Å². The maximum atomic E-state index is 3.39. The van der Waals surface area contributed by atoms with E-state index in [1.54, 1.807) is 0 Å². The predicted molar refractivity (Wildman–Crippen MR) is 61.3 cm³/mol. The molecule has 1 heteroatoms. The third kappa shape index (κ3) is 2.13. The summed E-state index contributed by atoms with van der Waals surface area (Å²) >= 11 is 0. The van der Waals surface area contributed by atoms with Crippen molar-refractivity contribution in [2.24, 2.45) is 23.7 Å². The van der Waals surface area contributed by atoms with E-state index >= 15 is 0 Å². The molecule has 0 amide bonds. The lowest BCUT2D eigenvalue weighted by atomic mass is 9.63. The average Bonchev–Trinajstić information content (AvgIpc) is 2.07. The smallest absolute Gasteiger partial charge is 0.00208 e. The monoisotopic (exact) mass is 195 g/mol. The normalized spacial score (nSPS) is 39.4. The van der Waals surface area contributed by atoms with Gasteiger partial charge in [-0.05, 0) is 50.1 Å². The fourth-order valence-electron chi connectivity index (χ4n) is 3.45. The van der Waals surface area contributed by atoms with Crippen LogP contribution in [0.3, 0.4) is 0 Å². The van der Waals surface area contributed by atoms with Crippen molar-refractivity contribution in [2.45, 2.75) is 45.4 Å². The lowest BCUT2D eigenvalue weighted by molar-refractivity contribution is 0.0794. The molecule has 14 heavy (non-hydrogen) atoms. The van der Waals surface area contributed by atoms with Crippen LogP contribution in [-0.4, -0.2) is 13.6 Å². The Morgan fingerprint density at radius 2 is 1.93 bits per heavy atom. The highest BCUT2D eigenvalue weighted by Gasteiger charge is 2.36. The Hall–Kier alpha value is -0.0400. The summed E-state index contributed by atoms with van der Waals surface area (Å²) in [6.45, 7) is 3.70. The van der Waals surface area contributed by atoms with Crippen LogP contribution in [0.15, 0.2) is 0 Å². The van der Waals surface area contributed by atoms with Gasteiger partial charge in [0.2, 0.25) is 0 Å². The van der Waals surface area contributed by atoms with Crippen LogP contribution >= 0.6 is 0 Å². The molecular weight excluding hydrogens is 170 g/mol. The zero-order valence-electron chi connectivity index (χ0n) is 9.76. The predicted octanol–water partition coefficient (Wildman–Crippen LogP) is 3.06. The highest BCUT2D eigenvalue weighted by atomic mass is 14.8. The van der Waals surface area contributed by atoms with E-state index in [0.29, 0.717) is 0 Å². The summed E-state index contributed by atoms with van der Waals surface area (Å²) in [5.74, 6) is 4.13. The van der Waals surface area contributed by atoms with E-state index in [2.05, 4.69) is 19.3 Å². The van der Waals surface area contributed by atoms with Crippen molar-refractivity contribution in [3.05, 3.63) is 0 Å². The van der Waals surface area contributed by atoms with Crippen LogP contribution in [0.5, 0.6) is 0 Å². The number of rotatable bonds is 3. The minimum atomic E-state index is 0.987. The van der Waals surface area contributed by atoms with Crippen LogP contribution < -0.4 is 5.32 Å². The van der Waals surface area contributed by atoms with Crippen LogP contribution in [0.25, 0.3) is 0 Å².